The average molecular weight is 412 g/mol. The Balaban J connectivity index is 2.08. The predicted octanol–water partition coefficient (Wildman–Crippen LogP) is 5.74. The zero-order chi connectivity index (χ0) is 20.9. The van der Waals surface area contributed by atoms with Gasteiger partial charge < -0.3 is 9.67 Å². The third-order valence-electron chi connectivity index (χ3n) is 6.04. The fourth-order valence-corrected chi connectivity index (χ4v) is 4.52. The van der Waals surface area contributed by atoms with E-state index in [0.29, 0.717) is 0 Å². The Kier molecular flexibility index (Phi) is 4.90. The summed E-state index contributed by atoms with van der Waals surface area (Å²) in [6, 6.07) is 9.32. The van der Waals surface area contributed by atoms with Gasteiger partial charge in [0.2, 0.25) is 0 Å². The first-order chi connectivity index (χ1) is 12.9. The molecule has 1 aliphatic carbocycles. The number of benzene rings is 1. The number of aliphatic carboxylic acids is 1. The van der Waals surface area contributed by atoms with Gasteiger partial charge in [-0.3, -0.25) is 4.79 Å². The Morgan fingerprint density at radius 2 is 1.86 bits per heavy atom. The molecule has 1 aromatic heterocycles. The summed E-state index contributed by atoms with van der Waals surface area (Å²) in [5.74, 6) is -2.07. The van der Waals surface area contributed by atoms with E-state index in [4.69, 9.17) is 11.6 Å². The van der Waals surface area contributed by atoms with Gasteiger partial charge in [-0.1, -0.05) is 43.7 Å². The van der Waals surface area contributed by atoms with Gasteiger partial charge in [-0.25, -0.2) is 0 Å². The molecule has 1 saturated carbocycles. The Morgan fingerprint density at radius 3 is 2.36 bits per heavy atom. The Labute approximate surface area is 166 Å². The van der Waals surface area contributed by atoms with E-state index in [-0.39, 0.29) is 6.42 Å². The van der Waals surface area contributed by atoms with Gasteiger partial charge in [-0.2, -0.15) is 13.2 Å². The van der Waals surface area contributed by atoms with Crippen molar-refractivity contribution in [2.24, 2.45) is 16.7 Å². The van der Waals surface area contributed by atoms with Crippen LogP contribution in [0.15, 0.2) is 53.8 Å². The molecule has 1 fully saturated rings. The van der Waals surface area contributed by atoms with E-state index in [1.54, 1.807) is 13.8 Å². The zero-order valence-electron chi connectivity index (χ0n) is 15.7. The maximum absolute atomic E-state index is 13.1. The van der Waals surface area contributed by atoms with Crippen molar-refractivity contribution in [3.63, 3.8) is 0 Å². The van der Waals surface area contributed by atoms with Crippen LogP contribution in [0.5, 0.6) is 0 Å². The molecular formula is C21H21ClF3NO2. The molecule has 0 saturated heterocycles. The van der Waals surface area contributed by atoms with Gasteiger partial charge in [0.1, 0.15) is 5.03 Å². The third kappa shape index (κ3) is 3.24. The Bertz CT molecular complexity index is 932. The molecular weight excluding hydrogens is 391 g/mol. The summed E-state index contributed by atoms with van der Waals surface area (Å²) in [4.78, 5) is 11.8. The number of carboxylic acids is 1. The molecule has 0 spiro atoms. The highest BCUT2D eigenvalue weighted by molar-refractivity contribution is 6.30. The minimum absolute atomic E-state index is 0.157. The van der Waals surface area contributed by atoms with Crippen molar-refractivity contribution in [3.05, 3.63) is 65.0 Å². The van der Waals surface area contributed by atoms with E-state index in [1.807, 2.05) is 54.2 Å². The van der Waals surface area contributed by atoms with Crippen LogP contribution in [0.4, 0.5) is 13.2 Å². The second-order valence-electron chi connectivity index (χ2n) is 7.85. The van der Waals surface area contributed by atoms with E-state index in [2.05, 4.69) is 0 Å². The monoisotopic (exact) mass is 411 g/mol. The summed E-state index contributed by atoms with van der Waals surface area (Å²) in [5, 5.41) is 8.36. The number of aromatic nitrogens is 1. The molecule has 2 atom stereocenters. The number of nitrogens with zero attached hydrogens (tertiary/aromatic N) is 1. The third-order valence-corrected chi connectivity index (χ3v) is 6.36. The van der Waals surface area contributed by atoms with Gasteiger partial charge in [0, 0.05) is 23.5 Å². The van der Waals surface area contributed by atoms with Gasteiger partial charge in [0.05, 0.1) is 5.92 Å². The predicted molar refractivity (Wildman–Crippen MR) is 102 cm³/mol. The second-order valence-corrected chi connectivity index (χ2v) is 8.26. The van der Waals surface area contributed by atoms with Gasteiger partial charge in [0.25, 0.3) is 0 Å². The van der Waals surface area contributed by atoms with Gasteiger partial charge in [0.15, 0.2) is 0 Å². The van der Waals surface area contributed by atoms with Gasteiger partial charge in [-0.05, 0) is 48.1 Å². The average Bonchev–Trinajstić information content (AvgIpc) is 2.93. The molecule has 7 heteroatoms. The van der Waals surface area contributed by atoms with E-state index in [1.165, 1.54) is 0 Å². The molecule has 1 aromatic carbocycles. The summed E-state index contributed by atoms with van der Waals surface area (Å²) in [5.41, 5.74) is 0.507. The highest BCUT2D eigenvalue weighted by atomic mass is 35.5. The molecule has 2 aromatic rings. The van der Waals surface area contributed by atoms with Crippen molar-refractivity contribution < 1.29 is 23.1 Å². The summed E-state index contributed by atoms with van der Waals surface area (Å²) < 4.78 is 41.2. The molecule has 1 N–H and O–H groups in total. The van der Waals surface area contributed by atoms with Crippen LogP contribution in [-0.2, 0) is 11.2 Å². The number of hydrogen-bond donors (Lipinski definition) is 1. The van der Waals surface area contributed by atoms with Crippen molar-refractivity contribution in [3.8, 4) is 5.69 Å². The second kappa shape index (κ2) is 6.69. The molecule has 1 aliphatic rings. The first-order valence-electron chi connectivity index (χ1n) is 8.82. The van der Waals surface area contributed by atoms with Crippen LogP contribution in [0.2, 0.25) is 0 Å². The van der Waals surface area contributed by atoms with E-state index < -0.39 is 33.9 Å². The van der Waals surface area contributed by atoms with Crippen molar-refractivity contribution in [2.75, 3.05) is 0 Å². The van der Waals surface area contributed by atoms with E-state index in [0.717, 1.165) is 22.9 Å². The molecule has 0 aliphatic heterocycles. The topological polar surface area (TPSA) is 42.2 Å². The SMILES string of the molecule is Cc1c(CC2(C=C(Cl)C(F)(F)F)C(C(=O)O)C2(C)C)cccc1-n1cccc1. The van der Waals surface area contributed by atoms with Crippen LogP contribution < -0.4 is 0 Å². The van der Waals surface area contributed by atoms with Crippen molar-refractivity contribution in [2.45, 2.75) is 33.4 Å². The van der Waals surface area contributed by atoms with Gasteiger partial charge in [-0.15, -0.1) is 0 Å². The van der Waals surface area contributed by atoms with Crippen molar-refractivity contribution in [1.82, 2.24) is 4.57 Å². The van der Waals surface area contributed by atoms with E-state index in [9.17, 15) is 23.1 Å². The standard InChI is InChI=1S/C21H21ClF3NO2/c1-13-14(7-6-8-15(13)26-9-4-5-10-26)11-20(12-16(22)21(23,24)25)17(18(27)28)19(20,2)3/h4-10,12,17H,11H2,1-3H3,(H,27,28). The quantitative estimate of drug-likeness (QED) is 0.681. The Hall–Kier alpha value is -2.21. The Morgan fingerprint density at radius 1 is 1.25 bits per heavy atom. The molecule has 0 radical (unpaired) electrons. The molecule has 0 amide bonds. The van der Waals surface area contributed by atoms with E-state index >= 15 is 0 Å². The maximum Gasteiger partial charge on any atom is 0.426 e. The highest BCUT2D eigenvalue weighted by Gasteiger charge is 2.73. The smallest absolute Gasteiger partial charge is 0.426 e. The maximum atomic E-state index is 13.1. The lowest BCUT2D eigenvalue weighted by atomic mass is 9.86. The number of halogens is 4. The minimum Gasteiger partial charge on any atom is -0.481 e. The molecule has 150 valence electrons. The van der Waals surface area contributed by atoms with Crippen LogP contribution in [0.3, 0.4) is 0 Å². The highest BCUT2D eigenvalue weighted by Crippen LogP contribution is 2.72. The van der Waals surface area contributed by atoms with Crippen molar-refractivity contribution >= 4 is 17.6 Å². The number of alkyl halides is 3. The van der Waals surface area contributed by atoms with Gasteiger partial charge >= 0.3 is 12.1 Å². The lowest BCUT2D eigenvalue weighted by molar-refractivity contribution is -0.139. The van der Waals surface area contributed by atoms with Crippen LogP contribution >= 0.6 is 11.6 Å². The normalized spacial score (nSPS) is 24.2. The number of rotatable bonds is 5. The fraction of sp³-hybridized carbons (Fsp3) is 0.381. The number of hydrogen-bond acceptors (Lipinski definition) is 1. The minimum atomic E-state index is -4.71. The molecule has 28 heavy (non-hydrogen) atoms. The summed E-state index contributed by atoms with van der Waals surface area (Å²) in [7, 11) is 0. The molecule has 2 unspecified atom stereocenters. The van der Waals surface area contributed by atoms with Crippen LogP contribution in [-0.4, -0.2) is 21.8 Å². The largest absolute Gasteiger partial charge is 0.481 e. The summed E-state index contributed by atoms with van der Waals surface area (Å²) >= 11 is 5.54. The summed E-state index contributed by atoms with van der Waals surface area (Å²) in [6.07, 6.45) is 0.116. The lowest BCUT2D eigenvalue weighted by Gasteiger charge is -2.21. The van der Waals surface area contributed by atoms with Crippen LogP contribution in [0, 0.1) is 23.7 Å². The van der Waals surface area contributed by atoms with Crippen LogP contribution in [0.1, 0.15) is 25.0 Å². The first-order valence-corrected chi connectivity index (χ1v) is 9.20. The molecule has 3 nitrogen and oxygen atoms in total. The molecule has 0 bridgehead atoms. The number of allylic oxidation sites excluding steroid dienone is 2. The van der Waals surface area contributed by atoms with Crippen molar-refractivity contribution in [1.29, 1.82) is 0 Å². The summed E-state index contributed by atoms with van der Waals surface area (Å²) in [6.45, 7) is 5.24. The van der Waals surface area contributed by atoms with Crippen LogP contribution in [0.25, 0.3) is 5.69 Å². The zero-order valence-corrected chi connectivity index (χ0v) is 16.5. The lowest BCUT2D eigenvalue weighted by Crippen LogP contribution is -2.17. The number of carbonyl (C=O) groups is 1. The molecule has 1 heterocycles. The number of carboxylic acid groups (broad SMARTS) is 1. The molecule has 3 rings (SSSR count). The fourth-order valence-electron chi connectivity index (χ4n) is 4.33. The first kappa shape index (κ1) is 20.5.